The molecular weight excluding hydrogens is 252 g/mol. The molecule has 1 saturated heterocycles. The van der Waals surface area contributed by atoms with E-state index >= 15 is 0 Å². The van der Waals surface area contributed by atoms with E-state index in [0.29, 0.717) is 18.3 Å². The fourth-order valence-electron chi connectivity index (χ4n) is 1.27. The van der Waals surface area contributed by atoms with Crippen molar-refractivity contribution in [1.29, 1.82) is 0 Å². The number of hydrogen-bond acceptors (Lipinski definition) is 6. The van der Waals surface area contributed by atoms with Crippen molar-refractivity contribution in [3.63, 3.8) is 0 Å². The van der Waals surface area contributed by atoms with Crippen LogP contribution in [0.2, 0.25) is 0 Å². The SMILES string of the molecule is Cc1nnc(NC(=O)[C@H]2CNCCO2)s1.Cl. The second kappa shape index (κ2) is 6.09. The summed E-state index contributed by atoms with van der Waals surface area (Å²) in [5.41, 5.74) is 0. The summed E-state index contributed by atoms with van der Waals surface area (Å²) < 4.78 is 5.30. The molecule has 2 N–H and O–H groups in total. The van der Waals surface area contributed by atoms with Crippen LogP contribution in [0.15, 0.2) is 0 Å². The number of aryl methyl sites for hydroxylation is 1. The molecule has 0 aliphatic carbocycles. The first kappa shape index (κ1) is 13.3. The molecule has 16 heavy (non-hydrogen) atoms. The van der Waals surface area contributed by atoms with Gasteiger partial charge in [-0.3, -0.25) is 10.1 Å². The van der Waals surface area contributed by atoms with Gasteiger partial charge in [-0.15, -0.1) is 22.6 Å². The number of aromatic nitrogens is 2. The predicted molar refractivity (Wildman–Crippen MR) is 63.1 cm³/mol. The van der Waals surface area contributed by atoms with Crippen molar-refractivity contribution in [3.05, 3.63) is 5.01 Å². The molecule has 1 aromatic rings. The van der Waals surface area contributed by atoms with E-state index in [1.54, 1.807) is 0 Å². The molecule has 0 bridgehead atoms. The molecule has 1 aliphatic heterocycles. The van der Waals surface area contributed by atoms with Gasteiger partial charge in [-0.05, 0) is 6.92 Å². The minimum atomic E-state index is -0.428. The molecule has 1 atom stereocenters. The van der Waals surface area contributed by atoms with Gasteiger partial charge in [0.1, 0.15) is 11.1 Å². The lowest BCUT2D eigenvalue weighted by Gasteiger charge is -2.21. The zero-order valence-corrected chi connectivity index (χ0v) is 10.4. The van der Waals surface area contributed by atoms with Gasteiger partial charge in [0.2, 0.25) is 5.13 Å². The van der Waals surface area contributed by atoms with Crippen LogP contribution in [0.4, 0.5) is 5.13 Å². The number of ether oxygens (including phenoxy) is 1. The van der Waals surface area contributed by atoms with E-state index in [9.17, 15) is 4.79 Å². The van der Waals surface area contributed by atoms with E-state index in [4.69, 9.17) is 4.74 Å². The monoisotopic (exact) mass is 264 g/mol. The van der Waals surface area contributed by atoms with Crippen LogP contribution in [0.25, 0.3) is 0 Å². The van der Waals surface area contributed by atoms with Gasteiger partial charge < -0.3 is 10.1 Å². The number of carbonyl (C=O) groups excluding carboxylic acids is 1. The fourth-order valence-corrected chi connectivity index (χ4v) is 1.86. The summed E-state index contributed by atoms with van der Waals surface area (Å²) in [4.78, 5) is 11.6. The summed E-state index contributed by atoms with van der Waals surface area (Å²) in [5.74, 6) is -0.168. The first-order valence-corrected chi connectivity index (χ1v) is 5.50. The van der Waals surface area contributed by atoms with Crippen LogP contribution in [0.3, 0.4) is 0 Å². The largest absolute Gasteiger partial charge is 0.366 e. The van der Waals surface area contributed by atoms with Crippen LogP contribution in [0.5, 0.6) is 0 Å². The second-order valence-corrected chi connectivity index (χ2v) is 4.36. The lowest BCUT2D eigenvalue weighted by Crippen LogP contribution is -2.45. The van der Waals surface area contributed by atoms with E-state index in [2.05, 4.69) is 20.8 Å². The summed E-state index contributed by atoms with van der Waals surface area (Å²) in [7, 11) is 0. The second-order valence-electron chi connectivity index (χ2n) is 3.18. The van der Waals surface area contributed by atoms with Crippen molar-refractivity contribution in [2.45, 2.75) is 13.0 Å². The Morgan fingerprint density at radius 2 is 2.44 bits per heavy atom. The summed E-state index contributed by atoms with van der Waals surface area (Å²) in [6, 6.07) is 0. The minimum absolute atomic E-state index is 0. The fraction of sp³-hybridized carbons (Fsp3) is 0.625. The number of amides is 1. The lowest BCUT2D eigenvalue weighted by atomic mass is 10.3. The lowest BCUT2D eigenvalue weighted by molar-refractivity contribution is -0.128. The predicted octanol–water partition coefficient (Wildman–Crippen LogP) is 0.195. The third-order valence-electron chi connectivity index (χ3n) is 1.98. The quantitative estimate of drug-likeness (QED) is 0.798. The standard InChI is InChI=1S/C8H12N4O2S.ClH/c1-5-11-12-8(15-5)10-7(13)6-4-9-2-3-14-6;/h6,9H,2-4H2,1H3,(H,10,12,13);1H/t6-;/m1./s1. The highest BCUT2D eigenvalue weighted by atomic mass is 35.5. The van der Waals surface area contributed by atoms with E-state index in [-0.39, 0.29) is 18.3 Å². The Hall–Kier alpha value is -0.760. The van der Waals surface area contributed by atoms with Gasteiger partial charge in [0.15, 0.2) is 0 Å². The molecule has 0 aromatic carbocycles. The van der Waals surface area contributed by atoms with Crippen molar-refractivity contribution < 1.29 is 9.53 Å². The smallest absolute Gasteiger partial charge is 0.256 e. The highest BCUT2D eigenvalue weighted by Crippen LogP contribution is 2.14. The van der Waals surface area contributed by atoms with Crippen LogP contribution in [-0.4, -0.2) is 41.9 Å². The molecule has 2 heterocycles. The van der Waals surface area contributed by atoms with Gasteiger partial charge in [-0.1, -0.05) is 11.3 Å². The van der Waals surface area contributed by atoms with E-state index in [1.807, 2.05) is 6.92 Å². The van der Waals surface area contributed by atoms with E-state index in [0.717, 1.165) is 11.6 Å². The Morgan fingerprint density at radius 3 is 3.00 bits per heavy atom. The molecule has 0 radical (unpaired) electrons. The maximum atomic E-state index is 11.6. The molecule has 0 unspecified atom stereocenters. The number of carbonyl (C=O) groups is 1. The third-order valence-corrected chi connectivity index (χ3v) is 2.73. The molecular formula is C8H13ClN4O2S. The Kier molecular flexibility index (Phi) is 5.07. The number of hydrogen-bond donors (Lipinski definition) is 2. The highest BCUT2D eigenvalue weighted by Gasteiger charge is 2.22. The third kappa shape index (κ3) is 3.38. The zero-order valence-electron chi connectivity index (χ0n) is 8.73. The van der Waals surface area contributed by atoms with Gasteiger partial charge in [0, 0.05) is 13.1 Å². The number of rotatable bonds is 2. The number of halogens is 1. The van der Waals surface area contributed by atoms with Gasteiger partial charge >= 0.3 is 0 Å². The maximum Gasteiger partial charge on any atom is 0.256 e. The van der Waals surface area contributed by atoms with Crippen molar-refractivity contribution in [2.75, 3.05) is 25.0 Å². The number of nitrogens with zero attached hydrogens (tertiary/aromatic N) is 2. The highest BCUT2D eigenvalue weighted by molar-refractivity contribution is 7.15. The van der Waals surface area contributed by atoms with Gasteiger partial charge in [0.25, 0.3) is 5.91 Å². The molecule has 0 spiro atoms. The molecule has 6 nitrogen and oxygen atoms in total. The molecule has 1 aliphatic rings. The minimum Gasteiger partial charge on any atom is -0.366 e. The van der Waals surface area contributed by atoms with Crippen LogP contribution in [-0.2, 0) is 9.53 Å². The average molecular weight is 265 g/mol. The summed E-state index contributed by atoms with van der Waals surface area (Å²) >= 11 is 1.35. The first-order valence-electron chi connectivity index (χ1n) is 4.69. The summed E-state index contributed by atoms with van der Waals surface area (Å²) in [6.07, 6.45) is -0.428. The number of nitrogens with one attached hydrogen (secondary N) is 2. The van der Waals surface area contributed by atoms with Gasteiger partial charge in [0.05, 0.1) is 6.61 Å². The Bertz CT molecular complexity index is 354. The normalized spacial score (nSPS) is 19.9. The van der Waals surface area contributed by atoms with Crippen molar-refractivity contribution in [1.82, 2.24) is 15.5 Å². The Labute approximate surface area is 103 Å². The Balaban J connectivity index is 0.00000128. The molecule has 1 amide bonds. The molecule has 90 valence electrons. The van der Waals surface area contributed by atoms with E-state index in [1.165, 1.54) is 11.3 Å². The summed E-state index contributed by atoms with van der Waals surface area (Å²) in [6.45, 7) is 3.74. The molecule has 8 heteroatoms. The van der Waals surface area contributed by atoms with Gasteiger partial charge in [-0.2, -0.15) is 0 Å². The van der Waals surface area contributed by atoms with Crippen LogP contribution < -0.4 is 10.6 Å². The van der Waals surface area contributed by atoms with Gasteiger partial charge in [-0.25, -0.2) is 0 Å². The molecule has 1 fully saturated rings. The van der Waals surface area contributed by atoms with Crippen molar-refractivity contribution in [2.24, 2.45) is 0 Å². The summed E-state index contributed by atoms with van der Waals surface area (Å²) in [5, 5.41) is 14.7. The van der Waals surface area contributed by atoms with Crippen LogP contribution in [0.1, 0.15) is 5.01 Å². The molecule has 0 saturated carbocycles. The average Bonchev–Trinajstić information content (AvgIpc) is 2.65. The number of anilines is 1. The maximum absolute atomic E-state index is 11.6. The molecule has 1 aromatic heterocycles. The zero-order chi connectivity index (χ0) is 10.7. The van der Waals surface area contributed by atoms with Crippen LogP contribution in [0, 0.1) is 6.92 Å². The first-order chi connectivity index (χ1) is 7.25. The Morgan fingerprint density at radius 1 is 1.62 bits per heavy atom. The van der Waals surface area contributed by atoms with Crippen LogP contribution >= 0.6 is 23.7 Å². The number of morpholine rings is 1. The molecule has 2 rings (SSSR count). The topological polar surface area (TPSA) is 76.1 Å². The van der Waals surface area contributed by atoms with Crippen molar-refractivity contribution in [3.8, 4) is 0 Å². The van der Waals surface area contributed by atoms with Crippen molar-refractivity contribution >= 4 is 34.8 Å². The van der Waals surface area contributed by atoms with E-state index < -0.39 is 6.10 Å².